The van der Waals surface area contributed by atoms with Crippen molar-refractivity contribution < 1.29 is 17.9 Å². The van der Waals surface area contributed by atoms with E-state index in [1.54, 1.807) is 24.3 Å². The topological polar surface area (TPSA) is 75.7 Å². The highest BCUT2D eigenvalue weighted by atomic mass is 32.2. The molecule has 0 spiro atoms. The minimum Gasteiger partial charge on any atom is -0.487 e. The maximum absolute atomic E-state index is 13.2. The van der Waals surface area contributed by atoms with Gasteiger partial charge in [-0.25, -0.2) is 8.42 Å². The van der Waals surface area contributed by atoms with Crippen molar-refractivity contribution in [2.45, 2.75) is 44.8 Å². The van der Waals surface area contributed by atoms with Crippen LogP contribution in [0, 0.1) is 0 Å². The lowest BCUT2D eigenvalue weighted by Gasteiger charge is -2.41. The van der Waals surface area contributed by atoms with Crippen LogP contribution in [0.15, 0.2) is 48.5 Å². The molecule has 1 atom stereocenters. The van der Waals surface area contributed by atoms with Crippen molar-refractivity contribution in [3.63, 3.8) is 0 Å². The van der Waals surface area contributed by atoms with Gasteiger partial charge in [-0.15, -0.1) is 0 Å². The zero-order valence-corrected chi connectivity index (χ0v) is 18.1. The Morgan fingerprint density at radius 3 is 2.41 bits per heavy atom. The fourth-order valence-electron chi connectivity index (χ4n) is 3.78. The van der Waals surface area contributed by atoms with Gasteiger partial charge in [0.2, 0.25) is 10.0 Å². The van der Waals surface area contributed by atoms with Gasteiger partial charge in [-0.3, -0.25) is 9.10 Å². The predicted octanol–water partition coefficient (Wildman–Crippen LogP) is 3.89. The summed E-state index contributed by atoms with van der Waals surface area (Å²) < 4.78 is 31.4. The molecule has 0 fully saturated rings. The van der Waals surface area contributed by atoms with Crippen LogP contribution in [-0.4, -0.2) is 33.2 Å². The second-order valence-corrected chi connectivity index (χ2v) is 9.52. The number of carbonyl (C=O) groups is 1. The highest BCUT2D eigenvalue weighted by Gasteiger charge is 2.39. The Morgan fingerprint density at radius 1 is 1.14 bits per heavy atom. The Morgan fingerprint density at radius 2 is 1.76 bits per heavy atom. The second-order valence-electron chi connectivity index (χ2n) is 7.51. The van der Waals surface area contributed by atoms with E-state index in [4.69, 9.17) is 4.74 Å². The number of hydrogen-bond acceptors (Lipinski definition) is 4. The number of anilines is 1. The van der Waals surface area contributed by atoms with Gasteiger partial charge in [0.25, 0.3) is 5.91 Å². The first-order valence-electron chi connectivity index (χ1n) is 9.82. The number of fused-ring (bicyclic) bond motifs is 1. The standard InChI is InChI=1S/C22H28N2O4S/c1-5-22(6-2)15-18(16-11-8-10-14-20(16)28-22)23-21(25)17-12-7-9-13-19(17)24(3)29(4,26)27/h7-14,18H,5-6,15H2,1-4H3,(H,23,25). The molecule has 2 aromatic rings. The molecule has 156 valence electrons. The number of carbonyl (C=O) groups excluding carboxylic acids is 1. The summed E-state index contributed by atoms with van der Waals surface area (Å²) in [6.07, 6.45) is 3.44. The van der Waals surface area contributed by atoms with Crippen LogP contribution in [-0.2, 0) is 10.0 Å². The molecule has 0 radical (unpaired) electrons. The van der Waals surface area contributed by atoms with Crippen LogP contribution in [0.25, 0.3) is 0 Å². The Balaban J connectivity index is 1.95. The van der Waals surface area contributed by atoms with Gasteiger partial charge < -0.3 is 10.1 Å². The third-order valence-electron chi connectivity index (χ3n) is 5.78. The number of rotatable bonds is 6. The minimum absolute atomic E-state index is 0.219. The maximum Gasteiger partial charge on any atom is 0.253 e. The van der Waals surface area contributed by atoms with Crippen molar-refractivity contribution in [2.75, 3.05) is 17.6 Å². The monoisotopic (exact) mass is 416 g/mol. The van der Waals surface area contributed by atoms with Gasteiger partial charge in [-0.1, -0.05) is 44.2 Å². The molecule has 6 nitrogen and oxygen atoms in total. The average molecular weight is 417 g/mol. The first-order chi connectivity index (χ1) is 13.7. The molecule has 1 aliphatic heterocycles. The zero-order chi connectivity index (χ0) is 21.2. The van der Waals surface area contributed by atoms with Crippen LogP contribution in [0.3, 0.4) is 0 Å². The summed E-state index contributed by atoms with van der Waals surface area (Å²) in [5, 5.41) is 3.12. The smallest absolute Gasteiger partial charge is 0.253 e. The van der Waals surface area contributed by atoms with Crippen molar-refractivity contribution in [1.82, 2.24) is 5.32 Å². The number of benzene rings is 2. The molecule has 7 heteroatoms. The molecule has 0 aliphatic carbocycles. The van der Waals surface area contributed by atoms with Crippen molar-refractivity contribution in [2.24, 2.45) is 0 Å². The van der Waals surface area contributed by atoms with E-state index in [0.717, 1.165) is 34.7 Å². The number of amides is 1. The third-order valence-corrected chi connectivity index (χ3v) is 6.97. The van der Waals surface area contributed by atoms with E-state index in [1.807, 2.05) is 24.3 Å². The molecule has 1 aliphatic rings. The SMILES string of the molecule is CCC1(CC)CC(NC(=O)c2ccccc2N(C)S(C)(=O)=O)c2ccccc2O1. The van der Waals surface area contributed by atoms with E-state index in [0.29, 0.717) is 17.7 Å². The molecule has 1 unspecified atom stereocenters. The molecule has 1 amide bonds. The van der Waals surface area contributed by atoms with Gasteiger partial charge in [0.1, 0.15) is 11.4 Å². The van der Waals surface area contributed by atoms with Crippen molar-refractivity contribution in [3.8, 4) is 5.75 Å². The summed E-state index contributed by atoms with van der Waals surface area (Å²) in [6.45, 7) is 4.18. The molecular formula is C22H28N2O4S. The number of para-hydroxylation sites is 2. The van der Waals surface area contributed by atoms with Gasteiger partial charge in [0, 0.05) is 19.0 Å². The highest BCUT2D eigenvalue weighted by molar-refractivity contribution is 7.92. The van der Waals surface area contributed by atoms with E-state index in [1.165, 1.54) is 7.05 Å². The molecule has 29 heavy (non-hydrogen) atoms. The lowest BCUT2D eigenvalue weighted by atomic mass is 9.83. The Bertz CT molecular complexity index is 999. The Labute approximate surface area is 172 Å². The quantitative estimate of drug-likeness (QED) is 0.775. The minimum atomic E-state index is -3.49. The molecule has 0 aromatic heterocycles. The summed E-state index contributed by atoms with van der Waals surface area (Å²) in [7, 11) is -2.04. The van der Waals surface area contributed by atoms with Gasteiger partial charge >= 0.3 is 0 Å². The molecule has 2 aromatic carbocycles. The summed E-state index contributed by atoms with van der Waals surface area (Å²) >= 11 is 0. The van der Waals surface area contributed by atoms with E-state index >= 15 is 0 Å². The van der Waals surface area contributed by atoms with E-state index in [9.17, 15) is 13.2 Å². The van der Waals surface area contributed by atoms with Gasteiger partial charge in [0.05, 0.1) is 23.5 Å². The van der Waals surface area contributed by atoms with Crippen molar-refractivity contribution in [3.05, 3.63) is 59.7 Å². The number of nitrogens with one attached hydrogen (secondary N) is 1. The first kappa shape index (κ1) is 21.2. The van der Waals surface area contributed by atoms with Crippen LogP contribution >= 0.6 is 0 Å². The van der Waals surface area contributed by atoms with Gasteiger partial charge in [-0.2, -0.15) is 0 Å². The van der Waals surface area contributed by atoms with Crippen LogP contribution in [0.2, 0.25) is 0 Å². The van der Waals surface area contributed by atoms with E-state index in [-0.39, 0.29) is 17.6 Å². The molecule has 3 rings (SSSR count). The number of hydrogen-bond donors (Lipinski definition) is 1. The van der Waals surface area contributed by atoms with E-state index in [2.05, 4.69) is 19.2 Å². The highest BCUT2D eigenvalue weighted by Crippen LogP contribution is 2.42. The molecule has 0 saturated heterocycles. The van der Waals surface area contributed by atoms with Crippen LogP contribution < -0.4 is 14.4 Å². The predicted molar refractivity (Wildman–Crippen MR) is 115 cm³/mol. The van der Waals surface area contributed by atoms with Crippen molar-refractivity contribution in [1.29, 1.82) is 0 Å². The van der Waals surface area contributed by atoms with Crippen LogP contribution in [0.1, 0.15) is 55.1 Å². The summed E-state index contributed by atoms with van der Waals surface area (Å²) in [4.78, 5) is 13.2. The molecule has 0 saturated carbocycles. The Kier molecular flexibility index (Phi) is 5.89. The summed E-state index contributed by atoms with van der Waals surface area (Å²) in [5.41, 5.74) is 1.27. The lowest BCUT2D eigenvalue weighted by Crippen LogP contribution is -2.44. The normalized spacial score (nSPS) is 17.7. The molecule has 0 bridgehead atoms. The largest absolute Gasteiger partial charge is 0.487 e. The number of sulfonamides is 1. The zero-order valence-electron chi connectivity index (χ0n) is 17.3. The summed E-state index contributed by atoms with van der Waals surface area (Å²) in [6, 6.07) is 14.3. The maximum atomic E-state index is 13.2. The second kappa shape index (κ2) is 8.06. The Hall–Kier alpha value is -2.54. The fraction of sp³-hybridized carbons (Fsp3) is 0.409. The van der Waals surface area contributed by atoms with Crippen molar-refractivity contribution >= 4 is 21.6 Å². The van der Waals surface area contributed by atoms with E-state index < -0.39 is 10.0 Å². The first-order valence-corrected chi connectivity index (χ1v) is 11.7. The molecule has 1 N–H and O–H groups in total. The molecule has 1 heterocycles. The third kappa shape index (κ3) is 4.24. The van der Waals surface area contributed by atoms with Gasteiger partial charge in [0.15, 0.2) is 0 Å². The summed E-state index contributed by atoms with van der Waals surface area (Å²) in [5.74, 6) is 0.480. The average Bonchev–Trinajstić information content (AvgIpc) is 2.72. The molecular weight excluding hydrogens is 388 g/mol. The number of nitrogens with zero attached hydrogens (tertiary/aromatic N) is 1. The van der Waals surface area contributed by atoms with Gasteiger partial charge in [-0.05, 0) is 31.0 Å². The fourth-order valence-corrected chi connectivity index (χ4v) is 4.30. The van der Waals surface area contributed by atoms with Crippen LogP contribution in [0.4, 0.5) is 5.69 Å². The lowest BCUT2D eigenvalue weighted by molar-refractivity contribution is 0.0227. The number of ether oxygens (including phenoxy) is 1. The van der Waals surface area contributed by atoms with Crippen LogP contribution in [0.5, 0.6) is 5.75 Å².